The zero-order valence-electron chi connectivity index (χ0n) is 10.3. The summed E-state index contributed by atoms with van der Waals surface area (Å²) in [7, 11) is -3.22. The van der Waals surface area contributed by atoms with Gasteiger partial charge >= 0.3 is 0 Å². The summed E-state index contributed by atoms with van der Waals surface area (Å²) in [6.45, 7) is 2.98. The molecule has 0 spiro atoms. The first-order valence-electron chi connectivity index (χ1n) is 6.66. The zero-order chi connectivity index (χ0) is 12.1. The second-order valence-corrected chi connectivity index (χ2v) is 6.70. The third-order valence-electron chi connectivity index (χ3n) is 3.59. The second-order valence-electron chi connectivity index (χ2n) is 4.94. The summed E-state index contributed by atoms with van der Waals surface area (Å²) in [5.74, 6) is 0. The summed E-state index contributed by atoms with van der Waals surface area (Å²) in [6, 6.07) is 0.499. The van der Waals surface area contributed by atoms with Gasteiger partial charge in [0.15, 0.2) is 0 Å². The third-order valence-corrected chi connectivity index (χ3v) is 5.21. The van der Waals surface area contributed by atoms with Crippen LogP contribution in [-0.2, 0) is 10.2 Å². The van der Waals surface area contributed by atoms with Gasteiger partial charge in [0.25, 0.3) is 10.2 Å². The van der Waals surface area contributed by atoms with Crippen LogP contribution < -0.4 is 10.0 Å². The lowest BCUT2D eigenvalue weighted by atomic mass is 10.2. The monoisotopic (exact) mass is 261 g/mol. The van der Waals surface area contributed by atoms with Gasteiger partial charge in [-0.1, -0.05) is 6.42 Å². The Kier molecular flexibility index (Phi) is 4.78. The minimum absolute atomic E-state index is 0.499. The summed E-state index contributed by atoms with van der Waals surface area (Å²) in [6.07, 6.45) is 6.41. The van der Waals surface area contributed by atoms with E-state index in [0.29, 0.717) is 25.7 Å². The molecule has 0 aromatic heterocycles. The minimum atomic E-state index is -3.22. The maximum atomic E-state index is 12.0. The van der Waals surface area contributed by atoms with Crippen LogP contribution in [0.4, 0.5) is 0 Å². The highest BCUT2D eigenvalue weighted by Crippen LogP contribution is 2.12. The highest BCUT2D eigenvalue weighted by molar-refractivity contribution is 7.87. The first-order valence-corrected chi connectivity index (χ1v) is 8.10. The van der Waals surface area contributed by atoms with Crippen LogP contribution >= 0.6 is 0 Å². The number of hydrogen-bond acceptors (Lipinski definition) is 3. The number of rotatable bonds is 5. The molecule has 2 fully saturated rings. The Hall–Kier alpha value is -0.170. The van der Waals surface area contributed by atoms with Crippen molar-refractivity contribution >= 4 is 10.2 Å². The lowest BCUT2D eigenvalue weighted by molar-refractivity contribution is 0.341. The van der Waals surface area contributed by atoms with Crippen molar-refractivity contribution in [1.29, 1.82) is 0 Å². The SMILES string of the molecule is O=S(=O)(NCC[C@H]1CCCN1)N1CCCCC1. The molecule has 0 radical (unpaired) electrons. The fraction of sp³-hybridized carbons (Fsp3) is 1.00. The molecule has 2 aliphatic rings. The Labute approximate surface area is 104 Å². The van der Waals surface area contributed by atoms with Gasteiger partial charge in [-0.25, -0.2) is 4.72 Å². The standard InChI is InChI=1S/C11H23N3O2S/c15-17(16,14-9-2-1-3-10-14)13-8-6-11-5-4-7-12-11/h11-13H,1-10H2/t11-/m1/s1. The molecular weight excluding hydrogens is 238 g/mol. The number of nitrogens with one attached hydrogen (secondary N) is 2. The maximum Gasteiger partial charge on any atom is 0.279 e. The van der Waals surface area contributed by atoms with Crippen molar-refractivity contribution in [3.05, 3.63) is 0 Å². The molecule has 0 aromatic rings. The van der Waals surface area contributed by atoms with Crippen molar-refractivity contribution < 1.29 is 8.42 Å². The highest BCUT2D eigenvalue weighted by atomic mass is 32.2. The van der Waals surface area contributed by atoms with Crippen molar-refractivity contribution in [2.24, 2.45) is 0 Å². The lowest BCUT2D eigenvalue weighted by Gasteiger charge is -2.26. The summed E-state index contributed by atoms with van der Waals surface area (Å²) in [5, 5.41) is 3.37. The summed E-state index contributed by atoms with van der Waals surface area (Å²) in [4.78, 5) is 0. The Bertz CT molecular complexity index is 320. The molecule has 0 bridgehead atoms. The molecule has 2 rings (SSSR count). The topological polar surface area (TPSA) is 61.4 Å². The molecule has 6 heteroatoms. The molecule has 17 heavy (non-hydrogen) atoms. The van der Waals surface area contributed by atoms with Gasteiger partial charge in [-0.3, -0.25) is 0 Å². The van der Waals surface area contributed by atoms with Gasteiger partial charge in [0.05, 0.1) is 0 Å². The highest BCUT2D eigenvalue weighted by Gasteiger charge is 2.23. The maximum absolute atomic E-state index is 12.0. The largest absolute Gasteiger partial charge is 0.314 e. The first-order chi connectivity index (χ1) is 8.18. The van der Waals surface area contributed by atoms with E-state index < -0.39 is 10.2 Å². The van der Waals surface area contributed by atoms with E-state index >= 15 is 0 Å². The van der Waals surface area contributed by atoms with E-state index in [9.17, 15) is 8.42 Å². The van der Waals surface area contributed by atoms with E-state index in [0.717, 1.165) is 32.2 Å². The number of piperidine rings is 1. The van der Waals surface area contributed by atoms with Gasteiger partial charge in [0, 0.05) is 25.7 Å². The molecule has 0 aliphatic carbocycles. The quantitative estimate of drug-likeness (QED) is 0.755. The molecular formula is C11H23N3O2S. The van der Waals surface area contributed by atoms with Crippen molar-refractivity contribution in [3.63, 3.8) is 0 Å². The van der Waals surface area contributed by atoms with Gasteiger partial charge < -0.3 is 5.32 Å². The average molecular weight is 261 g/mol. The molecule has 0 saturated carbocycles. The van der Waals surface area contributed by atoms with Crippen LogP contribution in [0.2, 0.25) is 0 Å². The predicted octanol–water partition coefficient (Wildman–Crippen LogP) is 0.449. The molecule has 0 unspecified atom stereocenters. The van der Waals surface area contributed by atoms with Crippen LogP contribution in [0.25, 0.3) is 0 Å². The van der Waals surface area contributed by atoms with E-state index in [1.807, 2.05) is 0 Å². The summed E-state index contributed by atoms with van der Waals surface area (Å²) >= 11 is 0. The minimum Gasteiger partial charge on any atom is -0.314 e. The molecule has 2 saturated heterocycles. The third kappa shape index (κ3) is 3.91. The number of nitrogens with zero attached hydrogens (tertiary/aromatic N) is 1. The summed E-state index contributed by atoms with van der Waals surface area (Å²) < 4.78 is 28.2. The fourth-order valence-corrected chi connectivity index (χ4v) is 3.86. The molecule has 100 valence electrons. The van der Waals surface area contributed by atoms with E-state index in [-0.39, 0.29) is 0 Å². The van der Waals surface area contributed by atoms with Crippen molar-refractivity contribution in [3.8, 4) is 0 Å². The Morgan fingerprint density at radius 3 is 2.59 bits per heavy atom. The van der Waals surface area contributed by atoms with Gasteiger partial charge in [-0.2, -0.15) is 12.7 Å². The number of hydrogen-bond donors (Lipinski definition) is 2. The molecule has 2 aliphatic heterocycles. The average Bonchev–Trinajstić information content (AvgIpc) is 2.83. The van der Waals surface area contributed by atoms with Gasteiger partial charge in [-0.05, 0) is 38.6 Å². The van der Waals surface area contributed by atoms with Crippen LogP contribution in [0.15, 0.2) is 0 Å². The van der Waals surface area contributed by atoms with Gasteiger partial charge in [-0.15, -0.1) is 0 Å². The van der Waals surface area contributed by atoms with Crippen LogP contribution in [0.1, 0.15) is 38.5 Å². The normalized spacial score (nSPS) is 27.4. The van der Waals surface area contributed by atoms with E-state index in [2.05, 4.69) is 10.0 Å². The lowest BCUT2D eigenvalue weighted by Crippen LogP contribution is -2.44. The van der Waals surface area contributed by atoms with Gasteiger partial charge in [0.1, 0.15) is 0 Å². The second kappa shape index (κ2) is 6.13. The van der Waals surface area contributed by atoms with Crippen LogP contribution in [-0.4, -0.2) is 44.9 Å². The molecule has 2 heterocycles. The van der Waals surface area contributed by atoms with Crippen LogP contribution in [0.3, 0.4) is 0 Å². The Balaban J connectivity index is 1.72. The van der Waals surface area contributed by atoms with Crippen molar-refractivity contribution in [2.45, 2.75) is 44.6 Å². The van der Waals surface area contributed by atoms with Crippen LogP contribution in [0.5, 0.6) is 0 Å². The van der Waals surface area contributed by atoms with Crippen molar-refractivity contribution in [1.82, 2.24) is 14.3 Å². The Morgan fingerprint density at radius 2 is 1.94 bits per heavy atom. The zero-order valence-corrected chi connectivity index (χ0v) is 11.1. The smallest absolute Gasteiger partial charge is 0.279 e. The van der Waals surface area contributed by atoms with E-state index in [1.54, 1.807) is 4.31 Å². The summed E-state index contributed by atoms with van der Waals surface area (Å²) in [5.41, 5.74) is 0. The van der Waals surface area contributed by atoms with Gasteiger partial charge in [0.2, 0.25) is 0 Å². The molecule has 1 atom stereocenters. The van der Waals surface area contributed by atoms with E-state index in [4.69, 9.17) is 0 Å². The Morgan fingerprint density at radius 1 is 1.18 bits per heavy atom. The predicted molar refractivity (Wildman–Crippen MR) is 68.0 cm³/mol. The van der Waals surface area contributed by atoms with Crippen LogP contribution in [0, 0.1) is 0 Å². The van der Waals surface area contributed by atoms with E-state index in [1.165, 1.54) is 12.8 Å². The molecule has 0 amide bonds. The molecule has 0 aromatic carbocycles. The fourth-order valence-electron chi connectivity index (χ4n) is 2.56. The van der Waals surface area contributed by atoms with Crippen molar-refractivity contribution in [2.75, 3.05) is 26.2 Å². The first kappa shape index (κ1) is 13.3. The molecule has 2 N–H and O–H groups in total. The molecule has 5 nitrogen and oxygen atoms in total.